The number of aryl methyl sites for hydroxylation is 1. The van der Waals surface area contributed by atoms with Gasteiger partial charge in [-0.25, -0.2) is 9.37 Å². The van der Waals surface area contributed by atoms with Gasteiger partial charge in [-0.3, -0.25) is 4.98 Å². The number of nitrogens with one attached hydrogen (secondary N) is 1. The predicted molar refractivity (Wildman–Crippen MR) is 94.7 cm³/mol. The molecule has 0 bridgehead atoms. The van der Waals surface area contributed by atoms with Crippen molar-refractivity contribution in [3.05, 3.63) is 78.1 Å². The molecule has 0 saturated heterocycles. The van der Waals surface area contributed by atoms with Crippen LogP contribution in [-0.4, -0.2) is 19.6 Å². The molecule has 0 amide bonds. The summed E-state index contributed by atoms with van der Waals surface area (Å²) in [5.41, 5.74) is 4.45. The lowest BCUT2D eigenvalue weighted by atomic mass is 10.1. The maximum atomic E-state index is 13.2. The standard InChI is InChI=1S/C19H16FN5/c1-13-9-18(22-11-14-3-2-8-21-10-14)25-19(24-13)17(12-23-25)15-4-6-16(20)7-5-15/h2-10,12,22H,11H2,1H3. The van der Waals surface area contributed by atoms with E-state index in [1.54, 1.807) is 29.0 Å². The largest absolute Gasteiger partial charge is 0.366 e. The molecule has 0 fully saturated rings. The van der Waals surface area contributed by atoms with Crippen LogP contribution in [-0.2, 0) is 6.54 Å². The molecule has 0 unspecified atom stereocenters. The fourth-order valence-corrected chi connectivity index (χ4v) is 2.74. The summed E-state index contributed by atoms with van der Waals surface area (Å²) >= 11 is 0. The van der Waals surface area contributed by atoms with E-state index in [0.717, 1.165) is 33.8 Å². The van der Waals surface area contributed by atoms with Gasteiger partial charge in [0.1, 0.15) is 11.6 Å². The molecular formula is C19H16FN5. The van der Waals surface area contributed by atoms with Gasteiger partial charge >= 0.3 is 0 Å². The number of anilines is 1. The predicted octanol–water partition coefficient (Wildman–Crippen LogP) is 3.85. The smallest absolute Gasteiger partial charge is 0.165 e. The highest BCUT2D eigenvalue weighted by Crippen LogP contribution is 2.26. The van der Waals surface area contributed by atoms with Crippen LogP contribution in [0.5, 0.6) is 0 Å². The highest BCUT2D eigenvalue weighted by atomic mass is 19.1. The minimum Gasteiger partial charge on any atom is -0.366 e. The molecule has 3 heterocycles. The van der Waals surface area contributed by atoms with Crippen LogP contribution in [0, 0.1) is 12.7 Å². The minimum absolute atomic E-state index is 0.261. The number of benzene rings is 1. The fourth-order valence-electron chi connectivity index (χ4n) is 2.74. The number of hydrogen-bond acceptors (Lipinski definition) is 4. The van der Waals surface area contributed by atoms with Crippen molar-refractivity contribution in [2.45, 2.75) is 13.5 Å². The second-order valence-electron chi connectivity index (χ2n) is 5.80. The molecule has 124 valence electrons. The van der Waals surface area contributed by atoms with Gasteiger partial charge < -0.3 is 5.32 Å². The van der Waals surface area contributed by atoms with Crippen LogP contribution in [0.25, 0.3) is 16.8 Å². The third-order valence-corrected chi connectivity index (χ3v) is 3.95. The van der Waals surface area contributed by atoms with Gasteiger partial charge in [0.05, 0.1) is 6.20 Å². The van der Waals surface area contributed by atoms with E-state index in [1.807, 2.05) is 31.3 Å². The Kier molecular flexibility index (Phi) is 3.85. The summed E-state index contributed by atoms with van der Waals surface area (Å²) in [6.07, 6.45) is 5.33. The Balaban J connectivity index is 1.72. The summed E-state index contributed by atoms with van der Waals surface area (Å²) in [4.78, 5) is 8.73. The summed E-state index contributed by atoms with van der Waals surface area (Å²) in [5.74, 6) is 0.586. The molecule has 25 heavy (non-hydrogen) atoms. The van der Waals surface area contributed by atoms with Gasteiger partial charge in [0.15, 0.2) is 5.65 Å². The minimum atomic E-state index is -0.261. The van der Waals surface area contributed by atoms with E-state index in [0.29, 0.717) is 6.54 Å². The summed E-state index contributed by atoms with van der Waals surface area (Å²) in [7, 11) is 0. The number of pyridine rings is 1. The lowest BCUT2D eigenvalue weighted by Crippen LogP contribution is -2.07. The number of aromatic nitrogens is 4. The van der Waals surface area contributed by atoms with E-state index in [4.69, 9.17) is 0 Å². The average molecular weight is 333 g/mol. The number of nitrogens with zero attached hydrogens (tertiary/aromatic N) is 4. The highest BCUT2D eigenvalue weighted by Gasteiger charge is 2.12. The number of fused-ring (bicyclic) bond motifs is 1. The SMILES string of the molecule is Cc1cc(NCc2cccnc2)n2ncc(-c3ccc(F)cc3)c2n1. The quantitative estimate of drug-likeness (QED) is 0.616. The van der Waals surface area contributed by atoms with Crippen LogP contribution in [0.2, 0.25) is 0 Å². The second-order valence-corrected chi connectivity index (χ2v) is 5.80. The molecular weight excluding hydrogens is 317 g/mol. The maximum absolute atomic E-state index is 13.2. The van der Waals surface area contributed by atoms with E-state index in [-0.39, 0.29) is 5.82 Å². The van der Waals surface area contributed by atoms with E-state index in [2.05, 4.69) is 20.4 Å². The fraction of sp³-hybridized carbons (Fsp3) is 0.105. The van der Waals surface area contributed by atoms with Crippen molar-refractivity contribution in [2.75, 3.05) is 5.32 Å². The second kappa shape index (κ2) is 6.32. The van der Waals surface area contributed by atoms with Crippen molar-refractivity contribution in [3.63, 3.8) is 0 Å². The van der Waals surface area contributed by atoms with Gasteiger partial charge in [-0.2, -0.15) is 9.61 Å². The molecule has 0 saturated carbocycles. The van der Waals surface area contributed by atoms with Crippen molar-refractivity contribution in [1.82, 2.24) is 19.6 Å². The van der Waals surface area contributed by atoms with E-state index >= 15 is 0 Å². The third kappa shape index (κ3) is 3.06. The summed E-state index contributed by atoms with van der Waals surface area (Å²) < 4.78 is 14.9. The van der Waals surface area contributed by atoms with Crippen molar-refractivity contribution < 1.29 is 4.39 Å². The third-order valence-electron chi connectivity index (χ3n) is 3.95. The molecule has 0 aliphatic rings. The molecule has 0 aliphatic heterocycles. The Bertz CT molecular complexity index is 1010. The van der Waals surface area contributed by atoms with Crippen LogP contribution in [0.3, 0.4) is 0 Å². The number of rotatable bonds is 4. The molecule has 3 aromatic heterocycles. The summed E-state index contributed by atoms with van der Waals surface area (Å²) in [6.45, 7) is 2.58. The van der Waals surface area contributed by atoms with Crippen LogP contribution in [0.1, 0.15) is 11.3 Å². The molecule has 4 aromatic rings. The van der Waals surface area contributed by atoms with Gasteiger partial charge in [0.25, 0.3) is 0 Å². The summed E-state index contributed by atoms with van der Waals surface area (Å²) in [5, 5.41) is 7.83. The van der Waals surface area contributed by atoms with Gasteiger partial charge in [0.2, 0.25) is 0 Å². The van der Waals surface area contributed by atoms with Crippen molar-refractivity contribution in [1.29, 1.82) is 0 Å². The molecule has 0 spiro atoms. The lowest BCUT2D eigenvalue weighted by molar-refractivity contribution is 0.628. The topological polar surface area (TPSA) is 55.1 Å². The Morgan fingerprint density at radius 3 is 2.72 bits per heavy atom. The molecule has 0 radical (unpaired) electrons. The van der Waals surface area contributed by atoms with Crippen LogP contribution < -0.4 is 5.32 Å². The first-order chi connectivity index (χ1) is 12.2. The van der Waals surface area contributed by atoms with E-state index in [1.165, 1.54) is 12.1 Å². The number of hydrogen-bond donors (Lipinski definition) is 1. The van der Waals surface area contributed by atoms with E-state index in [9.17, 15) is 4.39 Å². The Hall–Kier alpha value is -3.28. The average Bonchev–Trinajstić information content (AvgIpc) is 3.05. The van der Waals surface area contributed by atoms with Gasteiger partial charge in [-0.1, -0.05) is 18.2 Å². The molecule has 4 rings (SSSR count). The molecule has 6 heteroatoms. The molecule has 0 atom stereocenters. The normalized spacial score (nSPS) is 11.0. The first-order valence-corrected chi connectivity index (χ1v) is 7.95. The molecule has 0 aliphatic carbocycles. The lowest BCUT2D eigenvalue weighted by Gasteiger charge is -2.09. The first-order valence-electron chi connectivity index (χ1n) is 7.95. The Morgan fingerprint density at radius 1 is 1.12 bits per heavy atom. The van der Waals surface area contributed by atoms with Gasteiger partial charge in [0, 0.05) is 36.3 Å². The monoisotopic (exact) mass is 333 g/mol. The zero-order valence-corrected chi connectivity index (χ0v) is 13.6. The highest BCUT2D eigenvalue weighted by molar-refractivity contribution is 5.78. The zero-order valence-electron chi connectivity index (χ0n) is 13.6. The van der Waals surface area contributed by atoms with Crippen LogP contribution >= 0.6 is 0 Å². The van der Waals surface area contributed by atoms with Gasteiger partial charge in [-0.05, 0) is 36.2 Å². The maximum Gasteiger partial charge on any atom is 0.165 e. The summed E-state index contributed by atoms with van der Waals surface area (Å²) in [6, 6.07) is 12.2. The molecule has 1 aromatic carbocycles. The van der Waals surface area contributed by atoms with Crippen molar-refractivity contribution >= 4 is 11.5 Å². The molecule has 1 N–H and O–H groups in total. The van der Waals surface area contributed by atoms with E-state index < -0.39 is 0 Å². The van der Waals surface area contributed by atoms with Crippen molar-refractivity contribution in [3.8, 4) is 11.1 Å². The number of halogens is 1. The van der Waals surface area contributed by atoms with Gasteiger partial charge in [-0.15, -0.1) is 0 Å². The first kappa shape index (κ1) is 15.3. The molecule has 5 nitrogen and oxygen atoms in total. The Labute approximate surface area is 144 Å². The van der Waals surface area contributed by atoms with Crippen molar-refractivity contribution in [2.24, 2.45) is 0 Å². The van der Waals surface area contributed by atoms with Crippen LogP contribution in [0.4, 0.5) is 10.2 Å². The zero-order chi connectivity index (χ0) is 17.2. The Morgan fingerprint density at radius 2 is 1.96 bits per heavy atom. The van der Waals surface area contributed by atoms with Crippen LogP contribution in [0.15, 0.2) is 61.1 Å².